The highest BCUT2D eigenvalue weighted by Gasteiger charge is 2.10. The maximum atomic E-state index is 12.5. The molecule has 0 atom stereocenters. The molecule has 0 fully saturated rings. The smallest absolute Gasteiger partial charge is 0.167 e. The fourth-order valence-corrected chi connectivity index (χ4v) is 2.34. The molecular formula is C18H15NO. The lowest BCUT2D eigenvalue weighted by Crippen LogP contribution is -2.04. The molecule has 2 nitrogen and oxygen atoms in total. The van der Waals surface area contributed by atoms with E-state index in [1.54, 1.807) is 12.4 Å². The normalized spacial score (nSPS) is 10.7. The van der Waals surface area contributed by atoms with Gasteiger partial charge in [-0.3, -0.25) is 9.78 Å². The quantitative estimate of drug-likeness (QED) is 0.668. The summed E-state index contributed by atoms with van der Waals surface area (Å²) in [6, 6.07) is 15.8. The third kappa shape index (κ3) is 2.45. The number of rotatable bonds is 3. The lowest BCUT2D eigenvalue weighted by Gasteiger charge is -2.06. The Morgan fingerprint density at radius 3 is 2.65 bits per heavy atom. The summed E-state index contributed by atoms with van der Waals surface area (Å²) < 4.78 is 0. The average molecular weight is 261 g/mol. The van der Waals surface area contributed by atoms with Gasteiger partial charge in [-0.25, -0.2) is 0 Å². The molecule has 2 heteroatoms. The first kappa shape index (κ1) is 12.5. The van der Waals surface area contributed by atoms with Crippen LogP contribution >= 0.6 is 0 Å². The van der Waals surface area contributed by atoms with Crippen LogP contribution in [0.5, 0.6) is 0 Å². The third-order valence-electron chi connectivity index (χ3n) is 3.47. The molecule has 0 aliphatic heterocycles. The third-order valence-corrected chi connectivity index (χ3v) is 3.47. The molecule has 0 saturated heterocycles. The van der Waals surface area contributed by atoms with Gasteiger partial charge in [-0.15, -0.1) is 0 Å². The fourth-order valence-electron chi connectivity index (χ4n) is 2.34. The second-order valence-corrected chi connectivity index (χ2v) is 4.99. The van der Waals surface area contributed by atoms with Gasteiger partial charge in [0.1, 0.15) is 0 Å². The summed E-state index contributed by atoms with van der Waals surface area (Å²) in [6.45, 7) is 2.04. The van der Waals surface area contributed by atoms with Crippen LogP contribution < -0.4 is 0 Å². The zero-order valence-electron chi connectivity index (χ0n) is 11.3. The minimum absolute atomic E-state index is 0.132. The van der Waals surface area contributed by atoms with Crippen molar-refractivity contribution in [3.05, 3.63) is 77.6 Å². The second kappa shape index (κ2) is 5.25. The van der Waals surface area contributed by atoms with Crippen molar-refractivity contribution in [2.24, 2.45) is 0 Å². The molecule has 0 saturated carbocycles. The van der Waals surface area contributed by atoms with Crippen molar-refractivity contribution < 1.29 is 4.79 Å². The number of aryl methyl sites for hydroxylation is 1. The van der Waals surface area contributed by atoms with Gasteiger partial charge < -0.3 is 0 Å². The number of hydrogen-bond donors (Lipinski definition) is 0. The van der Waals surface area contributed by atoms with Crippen LogP contribution in [-0.4, -0.2) is 10.8 Å². The molecule has 0 unspecified atom stereocenters. The summed E-state index contributed by atoms with van der Waals surface area (Å²) in [5.74, 6) is 0.132. The van der Waals surface area contributed by atoms with E-state index in [4.69, 9.17) is 0 Å². The monoisotopic (exact) mass is 261 g/mol. The number of carbonyl (C=O) groups excluding carboxylic acids is 1. The Morgan fingerprint density at radius 1 is 1.05 bits per heavy atom. The lowest BCUT2D eigenvalue weighted by atomic mass is 9.98. The SMILES string of the molecule is Cc1ccc(CC(=O)c2cccc3ccncc23)cc1. The van der Waals surface area contributed by atoms with Gasteiger partial charge >= 0.3 is 0 Å². The van der Waals surface area contributed by atoms with Crippen molar-refractivity contribution in [3.8, 4) is 0 Å². The van der Waals surface area contributed by atoms with Crippen molar-refractivity contribution in [2.45, 2.75) is 13.3 Å². The van der Waals surface area contributed by atoms with Gasteiger partial charge in [-0.05, 0) is 23.9 Å². The van der Waals surface area contributed by atoms with Crippen molar-refractivity contribution in [1.29, 1.82) is 0 Å². The Morgan fingerprint density at radius 2 is 1.85 bits per heavy atom. The molecule has 3 aromatic rings. The number of Topliss-reactive ketones (excluding diaryl/α,β-unsaturated/α-hetero) is 1. The predicted molar refractivity (Wildman–Crippen MR) is 81.0 cm³/mol. The first-order valence-electron chi connectivity index (χ1n) is 6.65. The number of aromatic nitrogens is 1. The van der Waals surface area contributed by atoms with Gasteiger partial charge in [0.05, 0.1) is 0 Å². The molecule has 0 bridgehead atoms. The van der Waals surface area contributed by atoms with Crippen molar-refractivity contribution in [3.63, 3.8) is 0 Å². The standard InChI is InChI=1S/C18H15NO/c1-13-5-7-14(8-6-13)11-18(20)16-4-2-3-15-9-10-19-12-17(15)16/h2-10,12H,11H2,1H3. The molecule has 0 radical (unpaired) electrons. The second-order valence-electron chi connectivity index (χ2n) is 4.99. The lowest BCUT2D eigenvalue weighted by molar-refractivity contribution is 0.0994. The minimum Gasteiger partial charge on any atom is -0.294 e. The molecule has 20 heavy (non-hydrogen) atoms. The molecule has 1 heterocycles. The Bertz CT molecular complexity index is 754. The van der Waals surface area contributed by atoms with Gasteiger partial charge in [0.25, 0.3) is 0 Å². The van der Waals surface area contributed by atoms with Gasteiger partial charge in [-0.2, -0.15) is 0 Å². The Kier molecular flexibility index (Phi) is 3.30. The fraction of sp³-hybridized carbons (Fsp3) is 0.111. The summed E-state index contributed by atoms with van der Waals surface area (Å²) in [5, 5.41) is 1.97. The van der Waals surface area contributed by atoms with E-state index >= 15 is 0 Å². The van der Waals surface area contributed by atoms with Crippen molar-refractivity contribution >= 4 is 16.6 Å². The Hall–Kier alpha value is -2.48. The van der Waals surface area contributed by atoms with E-state index in [0.717, 1.165) is 21.9 Å². The Labute approximate surface area is 118 Å². The van der Waals surface area contributed by atoms with Crippen LogP contribution in [0, 0.1) is 6.92 Å². The number of fused-ring (bicyclic) bond motifs is 1. The van der Waals surface area contributed by atoms with Gasteiger partial charge in [-0.1, -0.05) is 48.0 Å². The topological polar surface area (TPSA) is 30.0 Å². The number of carbonyl (C=O) groups is 1. The van der Waals surface area contributed by atoms with E-state index in [9.17, 15) is 4.79 Å². The summed E-state index contributed by atoms with van der Waals surface area (Å²) in [4.78, 5) is 16.6. The predicted octanol–water partition coefficient (Wildman–Crippen LogP) is 3.97. The van der Waals surface area contributed by atoms with Crippen LogP contribution in [0.1, 0.15) is 21.5 Å². The molecule has 2 aromatic carbocycles. The summed E-state index contributed by atoms with van der Waals surface area (Å²) in [7, 11) is 0. The minimum atomic E-state index is 0.132. The summed E-state index contributed by atoms with van der Waals surface area (Å²) >= 11 is 0. The first-order chi connectivity index (χ1) is 9.74. The zero-order chi connectivity index (χ0) is 13.9. The number of hydrogen-bond acceptors (Lipinski definition) is 2. The molecular weight excluding hydrogens is 246 g/mol. The number of pyridine rings is 1. The molecule has 0 spiro atoms. The number of ketones is 1. The molecule has 1 aromatic heterocycles. The average Bonchev–Trinajstić information content (AvgIpc) is 2.49. The van der Waals surface area contributed by atoms with E-state index in [-0.39, 0.29) is 5.78 Å². The first-order valence-corrected chi connectivity index (χ1v) is 6.65. The van der Waals surface area contributed by atoms with Crippen LogP contribution in [0.15, 0.2) is 60.9 Å². The highest BCUT2D eigenvalue weighted by molar-refractivity contribution is 6.08. The van der Waals surface area contributed by atoms with Crippen molar-refractivity contribution in [2.75, 3.05) is 0 Å². The number of nitrogens with zero attached hydrogens (tertiary/aromatic N) is 1. The van der Waals surface area contributed by atoms with Crippen LogP contribution in [0.2, 0.25) is 0 Å². The van der Waals surface area contributed by atoms with E-state index in [1.165, 1.54) is 5.56 Å². The van der Waals surface area contributed by atoms with Crippen LogP contribution in [0.4, 0.5) is 0 Å². The summed E-state index contributed by atoms with van der Waals surface area (Å²) in [6.07, 6.45) is 3.93. The van der Waals surface area contributed by atoms with E-state index in [0.29, 0.717) is 6.42 Å². The zero-order valence-corrected chi connectivity index (χ0v) is 11.3. The molecule has 0 aliphatic rings. The van der Waals surface area contributed by atoms with Gasteiger partial charge in [0.15, 0.2) is 5.78 Å². The van der Waals surface area contributed by atoms with Crippen LogP contribution in [-0.2, 0) is 6.42 Å². The molecule has 98 valence electrons. The maximum Gasteiger partial charge on any atom is 0.167 e. The van der Waals surface area contributed by atoms with Gasteiger partial charge in [0, 0.05) is 29.8 Å². The highest BCUT2D eigenvalue weighted by Crippen LogP contribution is 2.19. The van der Waals surface area contributed by atoms with E-state index < -0.39 is 0 Å². The van der Waals surface area contributed by atoms with E-state index in [2.05, 4.69) is 4.98 Å². The molecule has 0 amide bonds. The number of benzene rings is 2. The largest absolute Gasteiger partial charge is 0.294 e. The van der Waals surface area contributed by atoms with Crippen LogP contribution in [0.25, 0.3) is 10.8 Å². The Balaban J connectivity index is 1.94. The maximum absolute atomic E-state index is 12.5. The summed E-state index contributed by atoms with van der Waals surface area (Å²) in [5.41, 5.74) is 2.99. The van der Waals surface area contributed by atoms with Gasteiger partial charge in [0.2, 0.25) is 0 Å². The molecule has 3 rings (SSSR count). The van der Waals surface area contributed by atoms with Crippen LogP contribution in [0.3, 0.4) is 0 Å². The van der Waals surface area contributed by atoms with Crippen molar-refractivity contribution in [1.82, 2.24) is 4.98 Å². The molecule has 0 N–H and O–H groups in total. The highest BCUT2D eigenvalue weighted by atomic mass is 16.1. The van der Waals surface area contributed by atoms with E-state index in [1.807, 2.05) is 55.5 Å². The molecule has 0 aliphatic carbocycles.